The molecule has 549 valence electrons. The molecule has 10 aromatic rings. The molecule has 0 bridgehead atoms. The fraction of sp³-hybridized carbons (Fsp3) is 0.167. The van der Waals surface area contributed by atoms with E-state index in [0.29, 0.717) is 37.4 Å². The molecule has 1 aliphatic rings. The molecule has 1 aliphatic heterocycles. The third kappa shape index (κ3) is 27.5. The van der Waals surface area contributed by atoms with Crippen LogP contribution in [-0.4, -0.2) is 89.0 Å². The third-order valence-corrected chi connectivity index (χ3v) is 21.9. The van der Waals surface area contributed by atoms with Crippen molar-refractivity contribution in [3.63, 3.8) is 0 Å². The number of carbonyl (C=O) groups excluding carboxylic acids is 5. The predicted molar refractivity (Wildman–Crippen MR) is 430 cm³/mol. The van der Waals surface area contributed by atoms with Crippen LogP contribution in [0.15, 0.2) is 284 Å². The van der Waals surface area contributed by atoms with Gasteiger partial charge in [0.2, 0.25) is 0 Å². The van der Waals surface area contributed by atoms with Gasteiger partial charge in [-0.1, -0.05) is 142 Å². The van der Waals surface area contributed by atoms with E-state index in [9.17, 15) is 64.2 Å². The van der Waals surface area contributed by atoms with E-state index >= 15 is 0 Å². The number of esters is 4. The average Bonchev–Trinajstić information content (AvgIpc) is 1.00. The van der Waals surface area contributed by atoms with E-state index in [0.717, 1.165) is 13.2 Å². The predicted octanol–water partition coefficient (Wildman–Crippen LogP) is 15.8. The third-order valence-electron chi connectivity index (χ3n) is 14.2. The first-order valence-electron chi connectivity index (χ1n) is 31.0. The van der Waals surface area contributed by atoms with E-state index < -0.39 is 60.8 Å². The molecule has 1 N–H and O–H groups in total. The first-order valence-corrected chi connectivity index (χ1v) is 37.8. The van der Waals surface area contributed by atoms with Gasteiger partial charge in [-0.25, -0.2) is 19.2 Å². The van der Waals surface area contributed by atoms with Crippen LogP contribution in [-0.2, 0) is 65.4 Å². The normalized spacial score (nSPS) is 11.6. The summed E-state index contributed by atoms with van der Waals surface area (Å²) in [6, 6.07) is 81.2. The number of carbonyl (C=O) groups is 5. The molecule has 1 fully saturated rings. The molecule has 11 nitrogen and oxygen atoms in total. The van der Waals surface area contributed by atoms with Crippen LogP contribution in [0.5, 0.6) is 11.5 Å². The van der Waals surface area contributed by atoms with Crippen LogP contribution in [0.2, 0.25) is 0 Å². The Hall–Kier alpha value is -6.14. The van der Waals surface area contributed by atoms with Gasteiger partial charge in [0, 0.05) is 41.0 Å². The topological polar surface area (TPSA) is 152 Å². The summed E-state index contributed by atoms with van der Waals surface area (Å²) in [5, 5.41) is 9.20. The largest absolute Gasteiger partial charge is 1.00 e. The molecule has 0 spiro atoms. The summed E-state index contributed by atoms with van der Waals surface area (Å²) in [4.78, 5) is 66.2. The molecule has 0 aromatic heterocycles. The second kappa shape index (κ2) is 45.1. The molecule has 28 heteroatoms. The van der Waals surface area contributed by atoms with Gasteiger partial charge in [0.05, 0.1) is 53.8 Å². The van der Waals surface area contributed by atoms with Crippen LogP contribution in [0.1, 0.15) is 75.9 Å². The number of benzene rings is 10. The van der Waals surface area contributed by atoms with Gasteiger partial charge >= 0.3 is 77.1 Å². The Morgan fingerprint density at radius 2 is 0.698 bits per heavy atom. The molecule has 106 heavy (non-hydrogen) atoms. The van der Waals surface area contributed by atoms with Crippen molar-refractivity contribution in [2.75, 3.05) is 13.2 Å². The molecular formula is C78H69B2F8I4NaO11S2+. The van der Waals surface area contributed by atoms with Crippen molar-refractivity contribution >= 4 is 159 Å². The second-order valence-electron chi connectivity index (χ2n) is 22.0. The smallest absolute Gasteiger partial charge is 1.00 e. The van der Waals surface area contributed by atoms with E-state index in [1.807, 2.05) is 90.4 Å². The molecule has 0 aliphatic carbocycles. The van der Waals surface area contributed by atoms with Gasteiger partial charge in [-0.2, -0.15) is 35.1 Å². The number of aldehydes is 1. The fourth-order valence-corrected chi connectivity index (χ4v) is 17.2. The van der Waals surface area contributed by atoms with Crippen LogP contribution >= 0.6 is 90.4 Å². The van der Waals surface area contributed by atoms with Crippen LogP contribution < -0.4 is 39.0 Å². The Morgan fingerprint density at radius 1 is 0.443 bits per heavy atom. The SMILES string of the molecule is C1CCOC1.CC(F)(F)C(F)(F)C(=O)OCc1ccc(C(=O)Oc2c(I)cc(C=O)cc2I)cc1.CC(F)(F)C(F)(F)C(=O)OCc1ccc(C(=O)Oc2c(I)cc(CO)cc2I)cc1.[BH4-].[B].[H-].[Na+].c1ccc([S+](c2ccccc2)c2ccccc2)cc1.c1ccc([S+](c2ccccc2)c2ccccc2)cc1. The number of aliphatic hydroxyl groups is 1. The van der Waals surface area contributed by atoms with Gasteiger partial charge in [0.15, 0.2) is 40.9 Å². The number of halogens is 12. The van der Waals surface area contributed by atoms with E-state index in [2.05, 4.69) is 191 Å². The van der Waals surface area contributed by atoms with Crippen LogP contribution in [0.25, 0.3) is 0 Å². The maximum Gasteiger partial charge on any atom is 1.00 e. The van der Waals surface area contributed by atoms with Crippen molar-refractivity contribution in [1.29, 1.82) is 0 Å². The molecular weight excluding hydrogens is 1880 g/mol. The molecule has 10 aromatic carbocycles. The van der Waals surface area contributed by atoms with E-state index in [1.165, 1.54) is 90.7 Å². The van der Waals surface area contributed by atoms with Crippen molar-refractivity contribution in [2.24, 2.45) is 0 Å². The minimum Gasteiger partial charge on any atom is -1.00 e. The summed E-state index contributed by atoms with van der Waals surface area (Å²) in [6.45, 7) is 0.340. The summed E-state index contributed by atoms with van der Waals surface area (Å²) in [5.41, 5.74) is 1.75. The molecule has 3 radical (unpaired) electrons. The average molecular weight is 1950 g/mol. The van der Waals surface area contributed by atoms with Gasteiger partial charge in [-0.15, -0.1) is 0 Å². The zero-order chi connectivity index (χ0) is 74.7. The number of ether oxygens (including phenoxy) is 5. The molecule has 0 amide bonds. The van der Waals surface area contributed by atoms with E-state index in [4.69, 9.17) is 14.2 Å². The summed E-state index contributed by atoms with van der Waals surface area (Å²) >= 11 is 7.77. The van der Waals surface area contributed by atoms with Crippen molar-refractivity contribution in [3.8, 4) is 11.5 Å². The monoisotopic (exact) mass is 1950 g/mol. The zero-order valence-corrected chi connectivity index (χ0v) is 68.5. The Morgan fingerprint density at radius 3 is 0.915 bits per heavy atom. The van der Waals surface area contributed by atoms with Crippen molar-refractivity contribution in [2.45, 2.75) is 99.6 Å². The zero-order valence-electron chi connectivity index (χ0n) is 57.2. The van der Waals surface area contributed by atoms with E-state index in [1.54, 1.807) is 24.3 Å². The van der Waals surface area contributed by atoms with Crippen LogP contribution in [0, 0.1) is 14.3 Å². The maximum absolute atomic E-state index is 13.2. The minimum atomic E-state index is -4.95. The number of rotatable bonds is 20. The standard InChI is InChI=1S/C19H14F4I2O5.C19H12F4I2O5.2C18H15S.C4H8O.BH4.B.Na.H/c2*1-18(20,21)19(22,23)17(28)29-9-10-2-4-12(5-3-10)16(27)30-15-13(24)6-11(8-26)7-14(15)25;2*1-4-10-16(11-5-1)19(17-12-6-2-7-13-17)18-14-8-3-9-15-18;1-2-4-5-3-1;;;;/h2-7,26H,8-9H2,1H3;2-8H,9H2,1H3;2*1-15H;1-4H2;1H4;;;/q;;2*+1;;-1;;+1;-1. The molecule has 1 heterocycles. The summed E-state index contributed by atoms with van der Waals surface area (Å²) < 4.78 is 130. The Balaban J connectivity index is 0.000000363. The van der Waals surface area contributed by atoms with E-state index in [-0.39, 0.29) is 118 Å². The second-order valence-corrected chi connectivity index (χ2v) is 30.7. The fourth-order valence-electron chi connectivity index (χ4n) is 8.83. The van der Waals surface area contributed by atoms with Gasteiger partial charge in [0.1, 0.15) is 19.5 Å². The number of aliphatic hydroxyl groups excluding tert-OH is 1. The van der Waals surface area contributed by atoms with Gasteiger partial charge in [-0.05, 0) is 241 Å². The Kier molecular flexibility index (Phi) is 39.3. The quantitative estimate of drug-likeness (QED) is 0.0148. The van der Waals surface area contributed by atoms with Crippen molar-refractivity contribution < 1.29 is 119 Å². The van der Waals surface area contributed by atoms with Gasteiger partial charge < -0.3 is 30.2 Å². The number of hydrogen-bond donors (Lipinski definition) is 1. The Labute approximate surface area is 697 Å². The summed E-state index contributed by atoms with van der Waals surface area (Å²) in [5.74, 6) is -24.5. The molecule has 0 unspecified atom stereocenters. The van der Waals surface area contributed by atoms with Gasteiger partial charge in [0.25, 0.3) is 0 Å². The van der Waals surface area contributed by atoms with Crippen LogP contribution in [0.4, 0.5) is 35.1 Å². The maximum atomic E-state index is 13.2. The first kappa shape index (κ1) is 92.2. The van der Waals surface area contributed by atoms with Crippen LogP contribution in [0.3, 0.4) is 0 Å². The Bertz CT molecular complexity index is 4030. The first-order chi connectivity index (χ1) is 49.1. The molecule has 0 atom stereocenters. The molecule has 0 saturated carbocycles. The van der Waals surface area contributed by atoms with Crippen molar-refractivity contribution in [3.05, 3.63) is 302 Å². The van der Waals surface area contributed by atoms with Crippen molar-refractivity contribution in [1.82, 2.24) is 0 Å². The minimum absolute atomic E-state index is 0. The van der Waals surface area contributed by atoms with Gasteiger partial charge in [-0.3, -0.25) is 4.79 Å². The number of alkyl halides is 8. The molecule has 1 saturated heterocycles. The molecule has 11 rings (SSSR count). The summed E-state index contributed by atoms with van der Waals surface area (Å²) in [7, 11) is -0.0293. The summed E-state index contributed by atoms with van der Waals surface area (Å²) in [6.07, 6.45) is 3.22. The number of hydrogen-bond acceptors (Lipinski definition) is 11.